The molecule has 1 N–H and O–H groups in total. The van der Waals surface area contributed by atoms with Crippen LogP contribution < -0.4 is 19.5 Å². The molecular formula is C22H27NO5. The Morgan fingerprint density at radius 2 is 1.71 bits per heavy atom. The van der Waals surface area contributed by atoms with E-state index in [4.69, 9.17) is 18.9 Å². The highest BCUT2D eigenvalue weighted by Gasteiger charge is 2.43. The van der Waals surface area contributed by atoms with Crippen molar-refractivity contribution in [3.63, 3.8) is 0 Å². The summed E-state index contributed by atoms with van der Waals surface area (Å²) in [5.74, 6) is 1.48. The molecule has 0 aromatic heterocycles. The maximum Gasteiger partial charge on any atom is 0.257 e. The number of carbonyl (C=O) groups excluding carboxylic acids is 1. The van der Waals surface area contributed by atoms with Crippen LogP contribution in [0.15, 0.2) is 36.4 Å². The van der Waals surface area contributed by atoms with Crippen LogP contribution in [0.2, 0.25) is 0 Å². The summed E-state index contributed by atoms with van der Waals surface area (Å²) in [4.78, 5) is 13.2. The lowest BCUT2D eigenvalue weighted by atomic mass is 9.78. The molecular weight excluding hydrogens is 358 g/mol. The fourth-order valence-electron chi connectivity index (χ4n) is 3.90. The molecule has 0 spiro atoms. The summed E-state index contributed by atoms with van der Waals surface area (Å²) in [6.07, 6.45) is 2.52. The molecule has 28 heavy (non-hydrogen) atoms. The molecule has 0 fully saturated rings. The van der Waals surface area contributed by atoms with E-state index in [1.807, 2.05) is 30.3 Å². The first-order valence-electron chi connectivity index (χ1n) is 9.30. The van der Waals surface area contributed by atoms with Gasteiger partial charge in [0.1, 0.15) is 0 Å². The minimum absolute atomic E-state index is 0.143. The predicted octanol–water partition coefficient (Wildman–Crippen LogP) is 3.21. The van der Waals surface area contributed by atoms with Crippen molar-refractivity contribution in [2.24, 2.45) is 0 Å². The monoisotopic (exact) mass is 385 g/mol. The Bertz CT molecular complexity index is 826. The maximum atomic E-state index is 13.2. The zero-order chi connectivity index (χ0) is 20.1. The maximum absolute atomic E-state index is 13.2. The first kappa shape index (κ1) is 20.0. The molecule has 0 aliphatic heterocycles. The van der Waals surface area contributed by atoms with E-state index in [1.54, 1.807) is 28.4 Å². The lowest BCUT2D eigenvalue weighted by molar-refractivity contribution is -0.147. The van der Waals surface area contributed by atoms with Crippen molar-refractivity contribution in [1.29, 1.82) is 0 Å². The van der Waals surface area contributed by atoms with Crippen LogP contribution in [0.5, 0.6) is 17.2 Å². The van der Waals surface area contributed by atoms with E-state index >= 15 is 0 Å². The Labute approximate surface area is 165 Å². The molecule has 1 aliphatic rings. The number of carbonyl (C=O) groups is 1. The fraction of sp³-hybridized carbons (Fsp3) is 0.409. The average Bonchev–Trinajstić information content (AvgIpc) is 2.75. The number of fused-ring (bicyclic) bond motifs is 1. The Morgan fingerprint density at radius 3 is 2.32 bits per heavy atom. The quantitative estimate of drug-likeness (QED) is 0.793. The second-order valence-electron chi connectivity index (χ2n) is 6.76. The SMILES string of the molecule is COc1cc(CNC(=O)C2(OC)CCCc3ccccc32)cc(OC)c1OC. The summed E-state index contributed by atoms with van der Waals surface area (Å²) in [6.45, 7) is 0.322. The topological polar surface area (TPSA) is 66.0 Å². The molecule has 2 aromatic rings. The molecule has 0 bridgehead atoms. The van der Waals surface area contributed by atoms with E-state index < -0.39 is 5.60 Å². The smallest absolute Gasteiger partial charge is 0.257 e. The minimum atomic E-state index is -0.963. The first-order valence-corrected chi connectivity index (χ1v) is 9.30. The van der Waals surface area contributed by atoms with Gasteiger partial charge >= 0.3 is 0 Å². The van der Waals surface area contributed by atoms with Crippen LogP contribution in [-0.4, -0.2) is 34.3 Å². The number of hydrogen-bond donors (Lipinski definition) is 1. The standard InChI is InChI=1S/C22H27NO5/c1-25-18-12-15(13-19(26-2)20(18)27-3)14-23-21(24)22(28-4)11-7-9-16-8-5-6-10-17(16)22/h5-6,8,10,12-13H,7,9,11,14H2,1-4H3,(H,23,24). The van der Waals surface area contributed by atoms with Crippen molar-refractivity contribution in [3.8, 4) is 17.2 Å². The largest absolute Gasteiger partial charge is 0.493 e. The van der Waals surface area contributed by atoms with Gasteiger partial charge in [-0.25, -0.2) is 0 Å². The summed E-state index contributed by atoms with van der Waals surface area (Å²) in [5.41, 5.74) is 2.00. The van der Waals surface area contributed by atoms with Gasteiger partial charge in [0.2, 0.25) is 5.75 Å². The molecule has 0 heterocycles. The van der Waals surface area contributed by atoms with E-state index in [-0.39, 0.29) is 5.91 Å². The number of hydrogen-bond acceptors (Lipinski definition) is 5. The van der Waals surface area contributed by atoms with Crippen LogP contribution >= 0.6 is 0 Å². The van der Waals surface area contributed by atoms with Crippen LogP contribution in [-0.2, 0) is 28.1 Å². The number of nitrogens with one attached hydrogen (secondary N) is 1. The van der Waals surface area contributed by atoms with Crippen molar-refractivity contribution in [3.05, 3.63) is 53.1 Å². The van der Waals surface area contributed by atoms with Crippen molar-refractivity contribution in [2.45, 2.75) is 31.4 Å². The molecule has 0 saturated heterocycles. The molecule has 3 rings (SSSR count). The van der Waals surface area contributed by atoms with Crippen molar-refractivity contribution >= 4 is 5.91 Å². The van der Waals surface area contributed by atoms with Crippen LogP contribution in [0.1, 0.15) is 29.5 Å². The number of rotatable bonds is 7. The van der Waals surface area contributed by atoms with Gasteiger partial charge in [0.25, 0.3) is 5.91 Å². The molecule has 0 saturated carbocycles. The van der Waals surface area contributed by atoms with Gasteiger partial charge in [-0.3, -0.25) is 4.79 Å². The average molecular weight is 385 g/mol. The fourth-order valence-corrected chi connectivity index (χ4v) is 3.90. The molecule has 1 amide bonds. The Balaban J connectivity index is 1.84. The van der Waals surface area contributed by atoms with Crippen molar-refractivity contribution < 1.29 is 23.7 Å². The second kappa shape index (κ2) is 8.52. The molecule has 150 valence electrons. The van der Waals surface area contributed by atoms with Crippen LogP contribution in [0, 0.1) is 0 Å². The summed E-state index contributed by atoms with van der Waals surface area (Å²) < 4.78 is 21.9. The van der Waals surface area contributed by atoms with E-state index in [9.17, 15) is 4.79 Å². The van der Waals surface area contributed by atoms with Gasteiger partial charge in [-0.05, 0) is 48.1 Å². The third kappa shape index (κ3) is 3.52. The predicted molar refractivity (Wildman–Crippen MR) is 106 cm³/mol. The molecule has 1 unspecified atom stereocenters. The zero-order valence-corrected chi connectivity index (χ0v) is 16.8. The molecule has 1 aliphatic carbocycles. The zero-order valence-electron chi connectivity index (χ0n) is 16.8. The Hall–Kier alpha value is -2.73. The third-order valence-corrected chi connectivity index (χ3v) is 5.32. The summed E-state index contributed by atoms with van der Waals surface area (Å²) >= 11 is 0. The van der Waals surface area contributed by atoms with E-state index in [0.717, 1.165) is 24.0 Å². The second-order valence-corrected chi connectivity index (χ2v) is 6.76. The van der Waals surface area contributed by atoms with Crippen molar-refractivity contribution in [1.82, 2.24) is 5.32 Å². The van der Waals surface area contributed by atoms with E-state index in [0.29, 0.717) is 30.2 Å². The van der Waals surface area contributed by atoms with Gasteiger partial charge in [-0.2, -0.15) is 0 Å². The van der Waals surface area contributed by atoms with Gasteiger partial charge in [0.15, 0.2) is 17.1 Å². The summed E-state index contributed by atoms with van der Waals surface area (Å²) in [7, 11) is 6.29. The number of benzene rings is 2. The van der Waals surface area contributed by atoms with E-state index in [2.05, 4.69) is 11.4 Å². The Kier molecular flexibility index (Phi) is 6.09. The van der Waals surface area contributed by atoms with Gasteiger partial charge in [-0.15, -0.1) is 0 Å². The van der Waals surface area contributed by atoms with Crippen molar-refractivity contribution in [2.75, 3.05) is 28.4 Å². The lowest BCUT2D eigenvalue weighted by Gasteiger charge is -2.36. The van der Waals surface area contributed by atoms with Gasteiger partial charge < -0.3 is 24.3 Å². The highest BCUT2D eigenvalue weighted by molar-refractivity contribution is 5.87. The van der Waals surface area contributed by atoms with Gasteiger partial charge in [0, 0.05) is 13.7 Å². The van der Waals surface area contributed by atoms with Crippen LogP contribution in [0.25, 0.3) is 0 Å². The number of amides is 1. The van der Waals surface area contributed by atoms with Crippen LogP contribution in [0.3, 0.4) is 0 Å². The van der Waals surface area contributed by atoms with Gasteiger partial charge in [0.05, 0.1) is 21.3 Å². The highest BCUT2D eigenvalue weighted by atomic mass is 16.5. The molecule has 1 atom stereocenters. The first-order chi connectivity index (χ1) is 13.6. The molecule has 2 aromatic carbocycles. The number of ether oxygens (including phenoxy) is 4. The molecule has 6 nitrogen and oxygen atoms in total. The summed E-state index contributed by atoms with van der Waals surface area (Å²) in [5, 5.41) is 3.03. The molecule has 6 heteroatoms. The molecule has 0 radical (unpaired) electrons. The number of methoxy groups -OCH3 is 4. The van der Waals surface area contributed by atoms with E-state index in [1.165, 1.54) is 5.56 Å². The number of aryl methyl sites for hydroxylation is 1. The Morgan fingerprint density at radius 1 is 1.04 bits per heavy atom. The lowest BCUT2D eigenvalue weighted by Crippen LogP contribution is -2.47. The third-order valence-electron chi connectivity index (χ3n) is 5.32. The van der Waals surface area contributed by atoms with Crippen LogP contribution in [0.4, 0.5) is 0 Å². The summed E-state index contributed by atoms with van der Waals surface area (Å²) in [6, 6.07) is 11.7. The highest BCUT2D eigenvalue weighted by Crippen LogP contribution is 2.40. The normalized spacial score (nSPS) is 18.1. The van der Waals surface area contributed by atoms with Gasteiger partial charge in [-0.1, -0.05) is 24.3 Å². The minimum Gasteiger partial charge on any atom is -0.493 e.